The summed E-state index contributed by atoms with van der Waals surface area (Å²) >= 11 is 3.75. The van der Waals surface area contributed by atoms with E-state index in [9.17, 15) is 29.1 Å². The number of thioether (sulfide) groups is 2. The second-order valence-electron chi connectivity index (χ2n) is 9.71. The highest BCUT2D eigenvalue weighted by atomic mass is 32.2. The Bertz CT molecular complexity index is 1780. The van der Waals surface area contributed by atoms with E-state index >= 15 is 0 Å². The number of nitrogen functional groups attached to an aromatic ring is 1. The quantitative estimate of drug-likeness (QED) is 0.0780. The highest BCUT2D eigenvalue weighted by molar-refractivity contribution is 8.01. The summed E-state index contributed by atoms with van der Waals surface area (Å²) in [6.45, 7) is 0. The number of amides is 3. The van der Waals surface area contributed by atoms with E-state index in [-0.39, 0.29) is 45.2 Å². The summed E-state index contributed by atoms with van der Waals surface area (Å²) < 4.78 is 1.55. The number of benzene rings is 1. The van der Waals surface area contributed by atoms with Gasteiger partial charge in [0.15, 0.2) is 10.8 Å². The van der Waals surface area contributed by atoms with Gasteiger partial charge in [-0.15, -0.1) is 39.9 Å². The Balaban J connectivity index is 1.23. The van der Waals surface area contributed by atoms with E-state index < -0.39 is 35.2 Å². The van der Waals surface area contributed by atoms with E-state index in [2.05, 4.69) is 15.5 Å². The smallest absolute Gasteiger partial charge is 0.335 e. The van der Waals surface area contributed by atoms with Crippen LogP contribution in [0.4, 0.5) is 5.13 Å². The maximum absolute atomic E-state index is 13.1. The maximum atomic E-state index is 13.1. The molecule has 0 radical (unpaired) electrons. The first-order chi connectivity index (χ1) is 22.0. The number of aromatic nitrogens is 2. The van der Waals surface area contributed by atoms with Gasteiger partial charge in [0.25, 0.3) is 11.8 Å². The van der Waals surface area contributed by atoms with Crippen LogP contribution in [0.25, 0.3) is 0 Å². The Kier molecular flexibility index (Phi) is 9.59. The highest BCUT2D eigenvalue weighted by Gasteiger charge is 2.53. The van der Waals surface area contributed by atoms with E-state index in [1.807, 2.05) is 0 Å². The standard InChI is InChI=1S/C28H25N7O8S3/c1-33(23(37)14-3-5-15(6-4-14)26(39)40)34-9-7-17(8-10-34)44-11-16-12-45-25-20(24(38)35(25)21(16)27(41)42)31-22(36)19(32-43-2)18-13-46-28(29)30-18/h3-10,13,20,25H,11-12H2,1-2H3,(H4-,29,30,31,36,39,40,41,42)/b32-19-/t20-,25-/m1/s1. The number of oxime groups is 1. The van der Waals surface area contributed by atoms with Gasteiger partial charge in [0.1, 0.15) is 24.2 Å². The molecule has 238 valence electrons. The molecule has 3 amide bonds. The zero-order valence-electron chi connectivity index (χ0n) is 24.1. The molecule has 4 N–H and O–H groups in total. The lowest BCUT2D eigenvalue weighted by molar-refractivity contribution is -0.679. The van der Waals surface area contributed by atoms with Crippen LogP contribution in [0.15, 0.2) is 75.5 Å². The maximum Gasteiger partial charge on any atom is 0.335 e. The zero-order chi connectivity index (χ0) is 33.1. The first kappa shape index (κ1) is 32.5. The van der Waals surface area contributed by atoms with Crippen molar-refractivity contribution >= 4 is 75.4 Å². The van der Waals surface area contributed by atoms with Crippen LogP contribution in [0, 0.1) is 0 Å². The van der Waals surface area contributed by atoms with Crippen LogP contribution in [0.2, 0.25) is 0 Å². The molecule has 2 aromatic heterocycles. The van der Waals surface area contributed by atoms with Crippen molar-refractivity contribution in [2.45, 2.75) is 16.3 Å². The lowest BCUT2D eigenvalue weighted by Gasteiger charge is -2.50. The lowest BCUT2D eigenvalue weighted by atomic mass is 10.0. The first-order valence-corrected chi connectivity index (χ1v) is 16.2. The molecule has 5 rings (SSSR count). The van der Waals surface area contributed by atoms with Gasteiger partial charge in [-0.25, -0.2) is 9.78 Å². The van der Waals surface area contributed by atoms with Crippen LogP contribution < -0.4 is 25.8 Å². The van der Waals surface area contributed by atoms with Gasteiger partial charge in [0.05, 0.1) is 24.3 Å². The van der Waals surface area contributed by atoms with Crippen molar-refractivity contribution in [3.05, 3.63) is 82.3 Å². The molecular formula is C28H25N7O8S3. The van der Waals surface area contributed by atoms with Gasteiger partial charge in [-0.05, 0) is 29.8 Å². The van der Waals surface area contributed by atoms with Gasteiger partial charge in [-0.1, -0.05) is 9.83 Å². The zero-order valence-corrected chi connectivity index (χ0v) is 26.6. The fourth-order valence-corrected chi connectivity index (χ4v) is 7.52. The van der Waals surface area contributed by atoms with E-state index in [0.717, 1.165) is 21.1 Å². The van der Waals surface area contributed by atoms with Crippen LogP contribution in [0.1, 0.15) is 26.4 Å². The van der Waals surface area contributed by atoms with Gasteiger partial charge >= 0.3 is 11.9 Å². The molecule has 0 bridgehead atoms. The van der Waals surface area contributed by atoms with E-state index in [1.165, 1.54) is 65.3 Å². The summed E-state index contributed by atoms with van der Waals surface area (Å²) in [6.07, 6.45) is 3.30. The number of nitrogens with one attached hydrogen (secondary N) is 1. The SMILES string of the molecule is CO/N=C(\C(=O)N[C@@H]1C(=O)N2C(C(=O)[O-])=C(CSc3cc[n+](N(C)C(=O)c4ccc(C(=O)O)cc4)cc3)CS[C@H]12)c1csc(N)n1. The number of hydrogen-bond donors (Lipinski definition) is 3. The molecule has 2 aliphatic heterocycles. The van der Waals surface area contributed by atoms with Crippen LogP contribution in [0.3, 0.4) is 0 Å². The second kappa shape index (κ2) is 13.6. The number of fused-ring (bicyclic) bond motifs is 1. The van der Waals surface area contributed by atoms with Crippen molar-refractivity contribution in [3.8, 4) is 0 Å². The molecule has 3 aromatic rings. The van der Waals surface area contributed by atoms with Crippen molar-refractivity contribution in [1.29, 1.82) is 0 Å². The van der Waals surface area contributed by atoms with Crippen LogP contribution in [-0.2, 0) is 19.2 Å². The molecular weight excluding hydrogens is 659 g/mol. The van der Waals surface area contributed by atoms with Crippen molar-refractivity contribution in [2.75, 3.05) is 36.4 Å². The lowest BCUT2D eigenvalue weighted by Crippen LogP contribution is -2.71. The van der Waals surface area contributed by atoms with Gasteiger partial charge in [-0.2, -0.15) is 0 Å². The van der Waals surface area contributed by atoms with Crippen LogP contribution in [0.5, 0.6) is 0 Å². The third-order valence-electron chi connectivity index (χ3n) is 6.90. The second-order valence-corrected chi connectivity index (χ2v) is 12.8. The normalized spacial score (nSPS) is 17.6. The van der Waals surface area contributed by atoms with E-state index in [1.54, 1.807) is 36.3 Å². The van der Waals surface area contributed by atoms with Crippen molar-refractivity contribution < 1.29 is 43.7 Å². The highest BCUT2D eigenvalue weighted by Crippen LogP contribution is 2.41. The fourth-order valence-electron chi connectivity index (χ4n) is 4.60. The largest absolute Gasteiger partial charge is 0.543 e. The van der Waals surface area contributed by atoms with Crippen LogP contribution in [-0.4, -0.2) is 87.4 Å². The van der Waals surface area contributed by atoms with E-state index in [4.69, 9.17) is 15.7 Å². The Hall–Kier alpha value is -4.94. The predicted octanol–water partition coefficient (Wildman–Crippen LogP) is -0.334. The number of carboxylic acids is 2. The summed E-state index contributed by atoms with van der Waals surface area (Å²) in [5.41, 5.74) is 6.29. The number of carbonyl (C=O) groups is 5. The molecule has 4 heterocycles. The third-order valence-corrected chi connectivity index (χ3v) is 10.0. The number of rotatable bonds is 11. The van der Waals surface area contributed by atoms with Crippen molar-refractivity contribution in [2.24, 2.45) is 5.16 Å². The number of pyridine rings is 1. The molecule has 1 saturated heterocycles. The topological polar surface area (TPSA) is 212 Å². The Labute approximate surface area is 273 Å². The monoisotopic (exact) mass is 683 g/mol. The summed E-state index contributed by atoms with van der Waals surface area (Å²) in [7, 11) is 2.82. The molecule has 15 nitrogen and oxygen atoms in total. The number of aromatic carboxylic acids is 1. The number of nitrogens with two attached hydrogens (primary N) is 1. The summed E-state index contributed by atoms with van der Waals surface area (Å²) in [4.78, 5) is 72.8. The number of carboxylic acid groups (broad SMARTS) is 2. The third kappa shape index (κ3) is 6.53. The van der Waals surface area contributed by atoms with Gasteiger partial charge in [0.2, 0.25) is 12.4 Å². The van der Waals surface area contributed by atoms with Gasteiger partial charge in [-0.3, -0.25) is 19.3 Å². The number of aliphatic carboxylic acids is 1. The molecule has 1 fully saturated rings. The first-order valence-electron chi connectivity index (χ1n) is 13.3. The number of hydrogen-bond acceptors (Lipinski definition) is 13. The summed E-state index contributed by atoms with van der Waals surface area (Å²) in [5, 5.41) is 30.0. The van der Waals surface area contributed by atoms with Crippen molar-refractivity contribution in [3.63, 3.8) is 0 Å². The number of β-lactam (4-membered cyclic amide) rings is 1. The minimum atomic E-state index is -1.50. The number of thiazole rings is 1. The predicted molar refractivity (Wildman–Crippen MR) is 166 cm³/mol. The minimum Gasteiger partial charge on any atom is -0.543 e. The summed E-state index contributed by atoms with van der Waals surface area (Å²) in [5.74, 6) is -3.75. The van der Waals surface area contributed by atoms with Crippen molar-refractivity contribution in [1.82, 2.24) is 15.2 Å². The summed E-state index contributed by atoms with van der Waals surface area (Å²) in [6, 6.07) is 8.08. The molecule has 46 heavy (non-hydrogen) atoms. The molecule has 0 aliphatic carbocycles. The van der Waals surface area contributed by atoms with Gasteiger partial charge < -0.3 is 30.9 Å². The number of anilines is 1. The molecule has 0 spiro atoms. The fraction of sp³-hybridized carbons (Fsp3) is 0.214. The Morgan fingerprint density at radius 1 is 1.22 bits per heavy atom. The Morgan fingerprint density at radius 3 is 2.48 bits per heavy atom. The molecule has 0 saturated carbocycles. The molecule has 0 unspecified atom stereocenters. The molecule has 1 aromatic carbocycles. The molecule has 2 aliphatic rings. The minimum absolute atomic E-state index is 0.0718. The van der Waals surface area contributed by atoms with E-state index in [0.29, 0.717) is 11.1 Å². The molecule has 18 heteroatoms. The number of carbonyl (C=O) groups excluding carboxylic acids is 4. The van der Waals surface area contributed by atoms with Crippen LogP contribution >= 0.6 is 34.9 Å². The average molecular weight is 684 g/mol. The number of nitrogens with zero attached hydrogens (tertiary/aromatic N) is 5. The average Bonchev–Trinajstić information content (AvgIpc) is 3.49. The Morgan fingerprint density at radius 2 is 1.89 bits per heavy atom. The van der Waals surface area contributed by atoms with Gasteiger partial charge in [0, 0.05) is 39.5 Å². The molecule has 2 atom stereocenters.